The van der Waals surface area contributed by atoms with E-state index >= 15 is 0 Å². The van der Waals surface area contributed by atoms with Gasteiger partial charge in [-0.05, 0) is 38.1 Å². The van der Waals surface area contributed by atoms with E-state index in [4.69, 9.17) is 4.74 Å². The Morgan fingerprint density at radius 2 is 1.82 bits per heavy atom. The Balaban J connectivity index is 2.00. The number of benzene rings is 2. The first-order valence-corrected chi connectivity index (χ1v) is 10.3. The van der Waals surface area contributed by atoms with Crippen molar-refractivity contribution in [1.29, 1.82) is 0 Å². The topological polar surface area (TPSA) is 75.7 Å². The highest BCUT2D eigenvalue weighted by molar-refractivity contribution is 7.92. The second-order valence-electron chi connectivity index (χ2n) is 6.46. The Kier molecular flexibility index (Phi) is 6.95. The van der Waals surface area contributed by atoms with Crippen molar-refractivity contribution >= 4 is 21.6 Å². The number of sulfonamides is 1. The highest BCUT2D eigenvalue weighted by atomic mass is 32.2. The number of hydrogen-bond acceptors (Lipinski definition) is 4. The number of nitrogens with one attached hydrogen (secondary N) is 1. The maximum Gasteiger partial charge on any atom is 0.241 e. The molecule has 0 aliphatic carbocycles. The van der Waals surface area contributed by atoms with Gasteiger partial charge < -0.3 is 10.1 Å². The second kappa shape index (κ2) is 9.01. The smallest absolute Gasteiger partial charge is 0.241 e. The lowest BCUT2D eigenvalue weighted by Gasteiger charge is -2.23. The molecule has 152 valence electrons. The van der Waals surface area contributed by atoms with Gasteiger partial charge in [-0.15, -0.1) is 0 Å². The van der Waals surface area contributed by atoms with Crippen LogP contribution in [0.1, 0.15) is 12.5 Å². The monoisotopic (exact) mass is 412 g/mol. The summed E-state index contributed by atoms with van der Waals surface area (Å²) < 4.78 is 57.2. The van der Waals surface area contributed by atoms with Gasteiger partial charge in [0.05, 0.1) is 18.0 Å². The summed E-state index contributed by atoms with van der Waals surface area (Å²) >= 11 is 0. The molecule has 0 fully saturated rings. The minimum Gasteiger partial charge on any atom is -0.491 e. The summed E-state index contributed by atoms with van der Waals surface area (Å²) in [5.41, 5.74) is 0.685. The number of anilines is 1. The van der Waals surface area contributed by atoms with Gasteiger partial charge in [-0.25, -0.2) is 17.2 Å². The molecule has 1 atom stereocenters. The summed E-state index contributed by atoms with van der Waals surface area (Å²) in [6.45, 7) is 3.16. The minimum absolute atomic E-state index is 0.165. The van der Waals surface area contributed by atoms with E-state index in [0.29, 0.717) is 16.1 Å². The van der Waals surface area contributed by atoms with Crippen LogP contribution in [-0.2, 0) is 14.8 Å². The van der Waals surface area contributed by atoms with Gasteiger partial charge in [0.15, 0.2) is 0 Å². The number of halogens is 2. The Labute approximate surface area is 163 Å². The summed E-state index contributed by atoms with van der Waals surface area (Å²) in [6, 6.07) is 9.41. The van der Waals surface area contributed by atoms with Gasteiger partial charge >= 0.3 is 0 Å². The molecule has 0 aliphatic rings. The number of ether oxygens (including phenoxy) is 1. The average Bonchev–Trinajstić information content (AvgIpc) is 2.59. The van der Waals surface area contributed by atoms with Crippen LogP contribution >= 0.6 is 0 Å². The molecule has 9 heteroatoms. The van der Waals surface area contributed by atoms with Gasteiger partial charge in [0, 0.05) is 6.07 Å². The van der Waals surface area contributed by atoms with Crippen LogP contribution in [0, 0.1) is 18.6 Å². The molecule has 1 amide bonds. The third kappa shape index (κ3) is 6.19. The van der Waals surface area contributed by atoms with Crippen molar-refractivity contribution < 1.29 is 26.7 Å². The van der Waals surface area contributed by atoms with Crippen LogP contribution in [-0.4, -0.2) is 39.8 Å². The van der Waals surface area contributed by atoms with E-state index in [-0.39, 0.29) is 6.61 Å². The highest BCUT2D eigenvalue weighted by Gasteiger charge is 2.24. The van der Waals surface area contributed by atoms with Gasteiger partial charge in [-0.3, -0.25) is 9.10 Å². The molecule has 0 aliphatic heterocycles. The van der Waals surface area contributed by atoms with Gasteiger partial charge in [-0.2, -0.15) is 0 Å². The Bertz CT molecular complexity index is 933. The number of rotatable bonds is 8. The van der Waals surface area contributed by atoms with Crippen LogP contribution in [0.15, 0.2) is 42.5 Å². The molecule has 2 rings (SSSR count). The first-order chi connectivity index (χ1) is 13.1. The highest BCUT2D eigenvalue weighted by Crippen LogP contribution is 2.22. The van der Waals surface area contributed by atoms with E-state index in [9.17, 15) is 22.0 Å². The molecule has 0 saturated heterocycles. The lowest BCUT2D eigenvalue weighted by Crippen LogP contribution is -2.45. The van der Waals surface area contributed by atoms with Gasteiger partial charge in [-0.1, -0.05) is 17.7 Å². The summed E-state index contributed by atoms with van der Waals surface area (Å²) in [4.78, 5) is 12.2. The van der Waals surface area contributed by atoms with Crippen molar-refractivity contribution in [3.63, 3.8) is 0 Å². The largest absolute Gasteiger partial charge is 0.491 e. The van der Waals surface area contributed by atoms with Crippen molar-refractivity contribution in [2.24, 2.45) is 0 Å². The number of aryl methyl sites for hydroxylation is 1. The standard InChI is InChI=1S/C19H22F2N2O4S/c1-13-4-7-16(8-5-13)27-12-14(2)22-19(24)11-23(28(3,25)26)18-9-6-15(20)10-17(18)21/h4-10,14H,11-12H2,1-3H3,(H,22,24)/t14-/m1/s1. The number of carbonyl (C=O) groups is 1. The zero-order chi connectivity index (χ0) is 20.9. The number of amides is 1. The van der Waals surface area contributed by atoms with Crippen molar-refractivity contribution in [2.45, 2.75) is 19.9 Å². The molecule has 0 radical (unpaired) electrons. The maximum absolute atomic E-state index is 14.0. The van der Waals surface area contributed by atoms with E-state index in [1.54, 1.807) is 19.1 Å². The number of hydrogen-bond donors (Lipinski definition) is 1. The molecule has 0 heterocycles. The molecule has 6 nitrogen and oxygen atoms in total. The Morgan fingerprint density at radius 1 is 1.18 bits per heavy atom. The molecule has 0 saturated carbocycles. The Hall–Kier alpha value is -2.68. The molecule has 2 aromatic carbocycles. The first-order valence-electron chi connectivity index (χ1n) is 8.48. The Morgan fingerprint density at radius 3 is 2.39 bits per heavy atom. The average molecular weight is 412 g/mol. The number of carbonyl (C=O) groups excluding carboxylic acids is 1. The molecular weight excluding hydrogens is 390 g/mol. The van der Waals surface area contributed by atoms with E-state index < -0.39 is 45.8 Å². The van der Waals surface area contributed by atoms with E-state index in [0.717, 1.165) is 24.0 Å². The van der Waals surface area contributed by atoms with Gasteiger partial charge in [0.25, 0.3) is 0 Å². The summed E-state index contributed by atoms with van der Waals surface area (Å²) in [5, 5.41) is 2.60. The van der Waals surface area contributed by atoms with Crippen molar-refractivity contribution in [1.82, 2.24) is 5.32 Å². The molecule has 0 aromatic heterocycles. The van der Waals surface area contributed by atoms with Crippen molar-refractivity contribution in [3.8, 4) is 5.75 Å². The predicted octanol–water partition coefficient (Wildman–Crippen LogP) is 2.62. The van der Waals surface area contributed by atoms with E-state index in [1.807, 2.05) is 19.1 Å². The van der Waals surface area contributed by atoms with Crippen LogP contribution in [0.25, 0.3) is 0 Å². The fourth-order valence-corrected chi connectivity index (χ4v) is 3.27. The van der Waals surface area contributed by atoms with Gasteiger partial charge in [0.1, 0.15) is 30.5 Å². The fraction of sp³-hybridized carbons (Fsp3) is 0.316. The second-order valence-corrected chi connectivity index (χ2v) is 8.36. The summed E-state index contributed by atoms with van der Waals surface area (Å²) in [7, 11) is -3.96. The summed E-state index contributed by atoms with van der Waals surface area (Å²) in [6.07, 6.45) is 0.840. The van der Waals surface area contributed by atoms with Crippen molar-refractivity contribution in [2.75, 3.05) is 23.7 Å². The molecule has 0 spiro atoms. The maximum atomic E-state index is 14.0. The van der Waals surface area contributed by atoms with Crippen LogP contribution in [0.5, 0.6) is 5.75 Å². The minimum atomic E-state index is -3.96. The van der Waals surface area contributed by atoms with Gasteiger partial charge in [0.2, 0.25) is 15.9 Å². The lowest BCUT2D eigenvalue weighted by molar-refractivity contribution is -0.120. The summed E-state index contributed by atoms with van der Waals surface area (Å²) in [5.74, 6) is -1.93. The zero-order valence-electron chi connectivity index (χ0n) is 15.8. The third-order valence-electron chi connectivity index (χ3n) is 3.79. The van der Waals surface area contributed by atoms with Crippen molar-refractivity contribution in [3.05, 3.63) is 59.7 Å². The SMILES string of the molecule is Cc1ccc(OC[C@@H](C)NC(=O)CN(c2ccc(F)cc2F)S(C)(=O)=O)cc1. The molecule has 0 bridgehead atoms. The number of nitrogens with zero attached hydrogens (tertiary/aromatic N) is 1. The predicted molar refractivity (Wildman–Crippen MR) is 103 cm³/mol. The van der Waals surface area contributed by atoms with Crippen LogP contribution in [0.2, 0.25) is 0 Å². The molecular formula is C19H22F2N2O4S. The zero-order valence-corrected chi connectivity index (χ0v) is 16.6. The van der Waals surface area contributed by atoms with E-state index in [1.165, 1.54) is 0 Å². The first kappa shape index (κ1) is 21.6. The van der Waals surface area contributed by atoms with Crippen LogP contribution in [0.4, 0.5) is 14.5 Å². The van der Waals surface area contributed by atoms with Crippen LogP contribution < -0.4 is 14.4 Å². The quantitative estimate of drug-likeness (QED) is 0.723. The lowest BCUT2D eigenvalue weighted by atomic mass is 10.2. The van der Waals surface area contributed by atoms with Crippen LogP contribution in [0.3, 0.4) is 0 Å². The molecule has 2 aromatic rings. The molecule has 28 heavy (non-hydrogen) atoms. The molecule has 0 unspecified atom stereocenters. The fourth-order valence-electron chi connectivity index (χ4n) is 2.41. The molecule has 1 N–H and O–H groups in total. The normalized spacial score (nSPS) is 12.3. The van der Waals surface area contributed by atoms with E-state index in [2.05, 4.69) is 5.32 Å². The third-order valence-corrected chi connectivity index (χ3v) is 4.92.